The number of carbonyl (C=O) groups is 1. The number of methoxy groups -OCH3 is 1. The van der Waals surface area contributed by atoms with E-state index in [1.165, 1.54) is 11.8 Å². The molecule has 2 aromatic heterocycles. The molecule has 2 aliphatic heterocycles. The molecule has 0 radical (unpaired) electrons. The predicted octanol–water partition coefficient (Wildman–Crippen LogP) is 3.26. The second-order valence-corrected chi connectivity index (χ2v) is 10.1. The lowest BCUT2D eigenvalue weighted by atomic mass is 9.86. The largest absolute Gasteiger partial charge is 0.481 e. The first-order chi connectivity index (χ1) is 17.1. The molecule has 4 N–H and O–H groups in total. The number of pyridine rings is 2. The number of nitrogens with one attached hydrogen (secondary N) is 3. The van der Waals surface area contributed by atoms with Gasteiger partial charge in [0.15, 0.2) is 0 Å². The molecule has 1 aromatic carbocycles. The monoisotopic (exact) mass is 493 g/mol. The Labute approximate surface area is 209 Å². The third-order valence-electron chi connectivity index (χ3n) is 6.75. The van der Waals surface area contributed by atoms with Gasteiger partial charge in [-0.05, 0) is 56.5 Å². The number of ether oxygens (including phenoxy) is 1. The molecule has 3 unspecified atom stereocenters. The third-order valence-corrected chi connectivity index (χ3v) is 7.80. The number of thioether (sulfide) groups is 1. The van der Waals surface area contributed by atoms with Crippen molar-refractivity contribution in [1.82, 2.24) is 20.6 Å². The summed E-state index contributed by atoms with van der Waals surface area (Å²) in [6.45, 7) is 2.50. The van der Waals surface area contributed by atoms with Crippen molar-refractivity contribution in [2.75, 3.05) is 31.3 Å². The van der Waals surface area contributed by atoms with Gasteiger partial charge in [0.2, 0.25) is 11.8 Å². The van der Waals surface area contributed by atoms with E-state index >= 15 is 0 Å². The van der Waals surface area contributed by atoms with Crippen LogP contribution >= 0.6 is 11.8 Å². The number of fused-ring (bicyclic) bond motifs is 2. The van der Waals surface area contributed by atoms with E-state index in [-0.39, 0.29) is 11.9 Å². The maximum absolute atomic E-state index is 11.8. The Kier molecular flexibility index (Phi) is 7.48. The fraction of sp³-hybridized carbons (Fsp3) is 0.423. The number of piperidine rings is 1. The van der Waals surface area contributed by atoms with Crippen molar-refractivity contribution >= 4 is 34.4 Å². The zero-order valence-corrected chi connectivity index (χ0v) is 20.6. The van der Waals surface area contributed by atoms with Gasteiger partial charge < -0.3 is 25.8 Å². The summed E-state index contributed by atoms with van der Waals surface area (Å²) in [6, 6.07) is 13.8. The quantitative estimate of drug-likeness (QED) is 0.379. The van der Waals surface area contributed by atoms with E-state index in [0.717, 1.165) is 53.0 Å². The summed E-state index contributed by atoms with van der Waals surface area (Å²) in [7, 11) is 1.60. The highest BCUT2D eigenvalue weighted by Crippen LogP contribution is 2.31. The first-order valence-corrected chi connectivity index (χ1v) is 13.1. The molecule has 2 aliphatic rings. The van der Waals surface area contributed by atoms with Crippen LogP contribution < -0.4 is 20.7 Å². The topological polar surface area (TPSA) is 108 Å². The third kappa shape index (κ3) is 5.59. The highest BCUT2D eigenvalue weighted by Gasteiger charge is 2.27. The lowest BCUT2D eigenvalue weighted by molar-refractivity contribution is -0.113. The highest BCUT2D eigenvalue weighted by molar-refractivity contribution is 8.00. The molecule has 4 heterocycles. The van der Waals surface area contributed by atoms with Gasteiger partial charge in [0, 0.05) is 29.6 Å². The summed E-state index contributed by atoms with van der Waals surface area (Å²) < 4.78 is 5.32. The van der Waals surface area contributed by atoms with E-state index in [1.54, 1.807) is 7.11 Å². The number of para-hydroxylation sites is 1. The van der Waals surface area contributed by atoms with Gasteiger partial charge in [-0.3, -0.25) is 4.79 Å². The van der Waals surface area contributed by atoms with Crippen molar-refractivity contribution in [3.63, 3.8) is 0 Å². The van der Waals surface area contributed by atoms with Crippen LogP contribution in [0, 0.1) is 5.92 Å². The molecule has 0 spiro atoms. The maximum Gasteiger partial charge on any atom is 0.235 e. The summed E-state index contributed by atoms with van der Waals surface area (Å²) in [4.78, 5) is 22.0. The molecule has 5 rings (SSSR count). The van der Waals surface area contributed by atoms with Crippen molar-refractivity contribution in [2.45, 2.75) is 42.8 Å². The number of carbonyl (C=O) groups excluding carboxylic acids is 1. The van der Waals surface area contributed by atoms with Crippen LogP contribution in [-0.4, -0.2) is 53.0 Å². The van der Waals surface area contributed by atoms with Crippen molar-refractivity contribution in [3.05, 3.63) is 53.7 Å². The first kappa shape index (κ1) is 24.0. The SMILES string of the molecule is COc1ccc2cccc(C(O)CC(NCc3ccc4c(n3)NC(=O)CS4)C3CCCNC3)c2n1. The molecule has 8 nitrogen and oxygen atoms in total. The van der Waals surface area contributed by atoms with Crippen molar-refractivity contribution in [3.8, 4) is 5.88 Å². The number of aromatic nitrogens is 2. The van der Waals surface area contributed by atoms with E-state index in [9.17, 15) is 9.90 Å². The molecule has 184 valence electrons. The summed E-state index contributed by atoms with van der Waals surface area (Å²) in [6.07, 6.45) is 2.10. The number of amides is 1. The van der Waals surface area contributed by atoms with Crippen LogP contribution in [0.5, 0.6) is 5.88 Å². The molecule has 9 heteroatoms. The standard InChI is InChI=1S/C26H31N5O3S/c1-34-24-10-7-16-4-2-6-19(25(16)31-24)21(32)12-20(17-5-3-11-27-13-17)28-14-18-8-9-22-26(29-18)30-23(33)15-35-22/h2,4,6-10,17,20-21,27-28,32H,3,5,11-15H2,1H3,(H,29,30,33). The van der Waals surface area contributed by atoms with Gasteiger partial charge >= 0.3 is 0 Å². The molecule has 3 aromatic rings. The number of nitrogens with zero attached hydrogens (tertiary/aromatic N) is 2. The minimum absolute atomic E-state index is 0.0188. The number of rotatable bonds is 8. The molecule has 0 saturated carbocycles. The van der Waals surface area contributed by atoms with Gasteiger partial charge in [-0.15, -0.1) is 11.8 Å². The van der Waals surface area contributed by atoms with E-state index in [1.807, 2.05) is 42.5 Å². The number of hydrogen-bond acceptors (Lipinski definition) is 8. The van der Waals surface area contributed by atoms with Crippen LogP contribution in [0.3, 0.4) is 0 Å². The Bertz CT molecular complexity index is 1200. The molecule has 1 fully saturated rings. The number of aliphatic hydroxyl groups excluding tert-OH is 1. The number of anilines is 1. The Morgan fingerprint density at radius 3 is 2.97 bits per heavy atom. The van der Waals surface area contributed by atoms with Crippen molar-refractivity contribution < 1.29 is 14.6 Å². The summed E-state index contributed by atoms with van der Waals surface area (Å²) in [5, 5.41) is 22.4. The molecule has 1 saturated heterocycles. The van der Waals surface area contributed by atoms with Gasteiger partial charge in [-0.25, -0.2) is 9.97 Å². The Balaban J connectivity index is 1.35. The van der Waals surface area contributed by atoms with Crippen LogP contribution in [-0.2, 0) is 11.3 Å². The Morgan fingerprint density at radius 2 is 2.14 bits per heavy atom. The molecular formula is C26H31N5O3S. The maximum atomic E-state index is 11.8. The fourth-order valence-electron chi connectivity index (χ4n) is 4.91. The molecule has 35 heavy (non-hydrogen) atoms. The minimum atomic E-state index is -0.676. The Hall–Kier alpha value is -2.72. The Morgan fingerprint density at radius 1 is 1.23 bits per heavy atom. The van der Waals surface area contributed by atoms with E-state index in [2.05, 4.69) is 25.9 Å². The van der Waals surface area contributed by atoms with Gasteiger partial charge in [-0.1, -0.05) is 18.2 Å². The fourth-order valence-corrected chi connectivity index (χ4v) is 5.66. The molecule has 0 bridgehead atoms. The average Bonchev–Trinajstić information content (AvgIpc) is 2.90. The summed E-state index contributed by atoms with van der Waals surface area (Å²) in [5.74, 6) is 1.97. The number of benzene rings is 1. The molecule has 3 atom stereocenters. The van der Waals surface area contributed by atoms with Crippen molar-refractivity contribution in [1.29, 1.82) is 0 Å². The predicted molar refractivity (Wildman–Crippen MR) is 138 cm³/mol. The van der Waals surface area contributed by atoms with E-state index in [4.69, 9.17) is 4.74 Å². The van der Waals surface area contributed by atoms with Crippen LogP contribution in [0.15, 0.2) is 47.4 Å². The first-order valence-electron chi connectivity index (χ1n) is 12.1. The molecular weight excluding hydrogens is 462 g/mol. The van der Waals surface area contributed by atoms with Gasteiger partial charge in [0.1, 0.15) is 5.82 Å². The van der Waals surface area contributed by atoms with Crippen LogP contribution in [0.2, 0.25) is 0 Å². The van der Waals surface area contributed by atoms with Crippen LogP contribution in [0.25, 0.3) is 10.9 Å². The van der Waals surface area contributed by atoms with Crippen molar-refractivity contribution in [2.24, 2.45) is 5.92 Å². The summed E-state index contributed by atoms with van der Waals surface area (Å²) >= 11 is 1.51. The lowest BCUT2D eigenvalue weighted by Gasteiger charge is -2.33. The second kappa shape index (κ2) is 10.9. The lowest BCUT2D eigenvalue weighted by Crippen LogP contribution is -2.44. The van der Waals surface area contributed by atoms with Crippen LogP contribution in [0.1, 0.15) is 36.6 Å². The van der Waals surface area contributed by atoms with E-state index < -0.39 is 6.10 Å². The average molecular weight is 494 g/mol. The second-order valence-electron chi connectivity index (χ2n) is 9.10. The smallest absolute Gasteiger partial charge is 0.235 e. The summed E-state index contributed by atoms with van der Waals surface area (Å²) in [5.41, 5.74) is 2.44. The van der Waals surface area contributed by atoms with E-state index in [0.29, 0.717) is 36.3 Å². The number of hydrogen-bond donors (Lipinski definition) is 4. The highest BCUT2D eigenvalue weighted by atomic mass is 32.2. The van der Waals surface area contributed by atoms with Crippen LogP contribution in [0.4, 0.5) is 5.82 Å². The minimum Gasteiger partial charge on any atom is -0.481 e. The number of aliphatic hydroxyl groups is 1. The zero-order valence-electron chi connectivity index (χ0n) is 19.8. The zero-order chi connectivity index (χ0) is 24.2. The van der Waals surface area contributed by atoms with Gasteiger partial charge in [0.05, 0.1) is 35.1 Å². The normalized spacial score (nSPS) is 19.6. The van der Waals surface area contributed by atoms with Gasteiger partial charge in [-0.2, -0.15) is 0 Å². The van der Waals surface area contributed by atoms with Gasteiger partial charge in [0.25, 0.3) is 0 Å². The molecule has 0 aliphatic carbocycles. The molecule has 1 amide bonds.